The van der Waals surface area contributed by atoms with Crippen LogP contribution in [0.2, 0.25) is 0 Å². The Hall–Kier alpha value is -3.08. The number of aromatic amines is 1. The van der Waals surface area contributed by atoms with Crippen LogP contribution in [0.3, 0.4) is 0 Å². The molecule has 2 aromatic carbocycles. The Kier molecular flexibility index (Phi) is 2.89. The van der Waals surface area contributed by atoms with E-state index in [4.69, 9.17) is 9.15 Å². The first-order valence-corrected chi connectivity index (χ1v) is 6.89. The predicted molar refractivity (Wildman–Crippen MR) is 83.6 cm³/mol. The highest BCUT2D eigenvalue weighted by atomic mass is 16.5. The lowest BCUT2D eigenvalue weighted by molar-refractivity contribution is 0.415. The van der Waals surface area contributed by atoms with Gasteiger partial charge in [0.05, 0.1) is 7.11 Å². The van der Waals surface area contributed by atoms with Crippen molar-refractivity contribution < 1.29 is 9.15 Å². The summed E-state index contributed by atoms with van der Waals surface area (Å²) in [7, 11) is 1.63. The molecule has 4 rings (SSSR count). The molecule has 0 aliphatic rings. The summed E-state index contributed by atoms with van der Waals surface area (Å²) in [5.74, 6) is 1.75. The minimum absolute atomic E-state index is 0.474. The zero-order chi connectivity index (χ0) is 14.9. The van der Waals surface area contributed by atoms with E-state index in [9.17, 15) is 0 Å². The standard InChI is InChI=1S/C17H13N3O2/c1-21-13-8-6-11(7-9-13)16-19-20-17(22-16)15-10-12-4-2-3-5-14(12)18-15/h2-10,18H,1H3. The maximum Gasteiger partial charge on any atom is 0.264 e. The van der Waals surface area contributed by atoms with Crippen molar-refractivity contribution in [3.8, 4) is 28.8 Å². The van der Waals surface area contributed by atoms with Crippen molar-refractivity contribution in [2.45, 2.75) is 0 Å². The number of ether oxygens (including phenoxy) is 1. The highest BCUT2D eigenvalue weighted by Gasteiger charge is 2.12. The quantitative estimate of drug-likeness (QED) is 0.622. The summed E-state index contributed by atoms with van der Waals surface area (Å²) in [5.41, 5.74) is 2.71. The molecule has 0 aliphatic heterocycles. The number of aromatic nitrogens is 3. The summed E-state index contributed by atoms with van der Waals surface area (Å²) in [5, 5.41) is 9.35. The molecule has 0 fully saturated rings. The van der Waals surface area contributed by atoms with Crippen molar-refractivity contribution in [1.82, 2.24) is 15.2 Å². The molecule has 0 spiro atoms. The average molecular weight is 291 g/mol. The second-order valence-corrected chi connectivity index (χ2v) is 4.91. The van der Waals surface area contributed by atoms with E-state index in [1.54, 1.807) is 7.11 Å². The average Bonchev–Trinajstić information content (AvgIpc) is 3.21. The van der Waals surface area contributed by atoms with Crippen LogP contribution in [-0.4, -0.2) is 22.3 Å². The number of H-pyrrole nitrogens is 1. The molecule has 2 heterocycles. The third-order valence-corrected chi connectivity index (χ3v) is 3.52. The topological polar surface area (TPSA) is 63.9 Å². The summed E-state index contributed by atoms with van der Waals surface area (Å²) >= 11 is 0. The molecule has 0 unspecified atom stereocenters. The van der Waals surface area contributed by atoms with Crippen LogP contribution < -0.4 is 4.74 Å². The molecule has 2 aromatic heterocycles. The molecule has 5 nitrogen and oxygen atoms in total. The Balaban J connectivity index is 1.70. The van der Waals surface area contributed by atoms with Gasteiger partial charge in [-0.2, -0.15) is 0 Å². The molecule has 0 saturated heterocycles. The molecular weight excluding hydrogens is 278 g/mol. The van der Waals surface area contributed by atoms with E-state index in [0.29, 0.717) is 11.8 Å². The molecule has 0 atom stereocenters. The molecule has 1 N–H and O–H groups in total. The number of fused-ring (bicyclic) bond motifs is 1. The van der Waals surface area contributed by atoms with Crippen molar-refractivity contribution in [3.63, 3.8) is 0 Å². The number of hydrogen-bond donors (Lipinski definition) is 1. The fraction of sp³-hybridized carbons (Fsp3) is 0.0588. The van der Waals surface area contributed by atoms with Crippen molar-refractivity contribution in [1.29, 1.82) is 0 Å². The lowest BCUT2D eigenvalue weighted by Crippen LogP contribution is -1.82. The van der Waals surface area contributed by atoms with Gasteiger partial charge in [-0.1, -0.05) is 18.2 Å². The Morgan fingerprint density at radius 1 is 0.955 bits per heavy atom. The van der Waals surface area contributed by atoms with Gasteiger partial charge < -0.3 is 14.1 Å². The number of nitrogens with zero attached hydrogens (tertiary/aromatic N) is 2. The fourth-order valence-electron chi connectivity index (χ4n) is 2.37. The smallest absolute Gasteiger partial charge is 0.264 e. The van der Waals surface area contributed by atoms with Crippen LogP contribution in [-0.2, 0) is 0 Å². The van der Waals surface area contributed by atoms with Gasteiger partial charge in [0.2, 0.25) is 5.89 Å². The van der Waals surface area contributed by atoms with E-state index >= 15 is 0 Å². The van der Waals surface area contributed by atoms with Gasteiger partial charge in [-0.3, -0.25) is 0 Å². The molecular formula is C17H13N3O2. The molecule has 0 amide bonds. The molecule has 0 bridgehead atoms. The minimum Gasteiger partial charge on any atom is -0.497 e. The van der Waals surface area contributed by atoms with E-state index in [0.717, 1.165) is 27.9 Å². The summed E-state index contributed by atoms with van der Waals surface area (Å²) in [6, 6.07) is 17.5. The van der Waals surface area contributed by atoms with Crippen LogP contribution in [0.5, 0.6) is 5.75 Å². The number of rotatable bonds is 3. The van der Waals surface area contributed by atoms with Gasteiger partial charge in [-0.15, -0.1) is 10.2 Å². The van der Waals surface area contributed by atoms with Crippen molar-refractivity contribution in [2.75, 3.05) is 7.11 Å². The fourth-order valence-corrected chi connectivity index (χ4v) is 2.37. The number of benzene rings is 2. The van der Waals surface area contributed by atoms with Crippen LogP contribution in [0, 0.1) is 0 Å². The number of nitrogens with one attached hydrogen (secondary N) is 1. The van der Waals surface area contributed by atoms with E-state index in [-0.39, 0.29) is 0 Å². The van der Waals surface area contributed by atoms with Crippen molar-refractivity contribution >= 4 is 10.9 Å². The molecule has 22 heavy (non-hydrogen) atoms. The minimum atomic E-state index is 0.474. The second-order valence-electron chi connectivity index (χ2n) is 4.91. The first-order chi connectivity index (χ1) is 10.8. The number of para-hydroxylation sites is 1. The van der Waals surface area contributed by atoms with Crippen LogP contribution in [0.25, 0.3) is 33.9 Å². The Morgan fingerprint density at radius 3 is 2.50 bits per heavy atom. The van der Waals surface area contributed by atoms with Crippen molar-refractivity contribution in [3.05, 3.63) is 54.6 Å². The summed E-state index contributed by atoms with van der Waals surface area (Å²) in [6.45, 7) is 0. The van der Waals surface area contributed by atoms with Gasteiger partial charge in [-0.25, -0.2) is 0 Å². The number of hydrogen-bond acceptors (Lipinski definition) is 4. The predicted octanol–water partition coefficient (Wildman–Crippen LogP) is 3.89. The van der Waals surface area contributed by atoms with E-state index in [1.807, 2.05) is 54.6 Å². The van der Waals surface area contributed by atoms with Gasteiger partial charge in [0.15, 0.2) is 0 Å². The van der Waals surface area contributed by atoms with Gasteiger partial charge in [0.1, 0.15) is 11.4 Å². The van der Waals surface area contributed by atoms with Crippen LogP contribution >= 0.6 is 0 Å². The lowest BCUT2D eigenvalue weighted by atomic mass is 10.2. The van der Waals surface area contributed by atoms with E-state index in [1.165, 1.54) is 0 Å². The molecule has 5 heteroatoms. The lowest BCUT2D eigenvalue weighted by Gasteiger charge is -1.99. The monoisotopic (exact) mass is 291 g/mol. The van der Waals surface area contributed by atoms with E-state index < -0.39 is 0 Å². The molecule has 0 saturated carbocycles. The van der Waals surface area contributed by atoms with Gasteiger partial charge in [-0.05, 0) is 36.4 Å². The largest absolute Gasteiger partial charge is 0.497 e. The zero-order valence-corrected chi connectivity index (χ0v) is 11.9. The van der Waals surface area contributed by atoms with Crippen LogP contribution in [0.4, 0.5) is 0 Å². The number of methoxy groups -OCH3 is 1. The summed E-state index contributed by atoms with van der Waals surface area (Å²) in [6.07, 6.45) is 0. The highest BCUT2D eigenvalue weighted by molar-refractivity contribution is 5.84. The third kappa shape index (κ3) is 2.13. The van der Waals surface area contributed by atoms with Crippen LogP contribution in [0.1, 0.15) is 0 Å². The first kappa shape index (κ1) is 12.6. The first-order valence-electron chi connectivity index (χ1n) is 6.89. The van der Waals surface area contributed by atoms with Gasteiger partial charge in [0.25, 0.3) is 5.89 Å². The molecule has 0 radical (unpaired) electrons. The van der Waals surface area contributed by atoms with E-state index in [2.05, 4.69) is 15.2 Å². The summed E-state index contributed by atoms with van der Waals surface area (Å²) in [4.78, 5) is 3.28. The van der Waals surface area contributed by atoms with Gasteiger partial charge >= 0.3 is 0 Å². The molecule has 4 aromatic rings. The Morgan fingerprint density at radius 2 is 1.73 bits per heavy atom. The molecule has 0 aliphatic carbocycles. The highest BCUT2D eigenvalue weighted by Crippen LogP contribution is 2.27. The Bertz CT molecular complexity index is 889. The van der Waals surface area contributed by atoms with Crippen molar-refractivity contribution in [2.24, 2.45) is 0 Å². The van der Waals surface area contributed by atoms with Crippen LogP contribution in [0.15, 0.2) is 59.0 Å². The second kappa shape index (κ2) is 5.04. The Labute approximate surface area is 126 Å². The maximum atomic E-state index is 5.76. The van der Waals surface area contributed by atoms with Gasteiger partial charge in [0, 0.05) is 16.5 Å². The SMILES string of the molecule is COc1ccc(-c2nnc(-c3cc4ccccc4[nH]3)o2)cc1. The normalized spacial score (nSPS) is 11.0. The third-order valence-electron chi connectivity index (χ3n) is 3.52. The molecule has 108 valence electrons. The zero-order valence-electron chi connectivity index (χ0n) is 11.9. The summed E-state index contributed by atoms with van der Waals surface area (Å²) < 4.78 is 10.9. The maximum absolute atomic E-state index is 5.76.